The van der Waals surface area contributed by atoms with E-state index in [0.717, 1.165) is 6.42 Å². The maximum atomic E-state index is 11.2. The number of amides is 1. The highest BCUT2D eigenvalue weighted by Gasteiger charge is 2.03. The Morgan fingerprint density at radius 1 is 1.44 bits per heavy atom. The summed E-state index contributed by atoms with van der Waals surface area (Å²) in [5, 5.41) is 13.5. The predicted molar refractivity (Wildman–Crippen MR) is 63.4 cm³/mol. The number of rotatable bonds is 4. The lowest BCUT2D eigenvalue weighted by Crippen LogP contribution is -2.18. The molecule has 0 saturated carbocycles. The first-order valence-corrected chi connectivity index (χ1v) is 5.26. The van der Waals surface area contributed by atoms with E-state index >= 15 is 0 Å². The van der Waals surface area contributed by atoms with E-state index in [1.54, 1.807) is 25.1 Å². The van der Waals surface area contributed by atoms with Crippen LogP contribution in [0.3, 0.4) is 0 Å². The number of nitrogens with zero attached hydrogens (tertiary/aromatic N) is 1. The molecule has 0 spiro atoms. The first kappa shape index (κ1) is 12.2. The molecule has 2 N–H and O–H groups in total. The lowest BCUT2D eigenvalue weighted by molar-refractivity contribution is -0.121. The number of phenolic OH excluding ortho intramolecular Hbond substituents is 1. The van der Waals surface area contributed by atoms with Crippen molar-refractivity contribution in [2.45, 2.75) is 26.7 Å². The fourth-order valence-corrected chi connectivity index (χ4v) is 1.27. The van der Waals surface area contributed by atoms with E-state index in [1.165, 1.54) is 0 Å². The molecule has 86 valence electrons. The van der Waals surface area contributed by atoms with Gasteiger partial charge in [-0.15, -0.1) is 0 Å². The molecule has 0 heterocycles. The summed E-state index contributed by atoms with van der Waals surface area (Å²) in [6, 6.07) is 6.88. The van der Waals surface area contributed by atoms with Gasteiger partial charge in [0.15, 0.2) is 0 Å². The van der Waals surface area contributed by atoms with Crippen molar-refractivity contribution in [3.8, 4) is 5.75 Å². The summed E-state index contributed by atoms with van der Waals surface area (Å²) >= 11 is 0. The summed E-state index contributed by atoms with van der Waals surface area (Å²) in [6.07, 6.45) is 1.24. The molecule has 1 rings (SSSR count). The van der Waals surface area contributed by atoms with Crippen molar-refractivity contribution in [3.63, 3.8) is 0 Å². The molecule has 0 atom stereocenters. The monoisotopic (exact) mass is 220 g/mol. The Kier molecular flexibility index (Phi) is 4.51. The molecule has 0 bridgehead atoms. The summed E-state index contributed by atoms with van der Waals surface area (Å²) in [7, 11) is 0. The highest BCUT2D eigenvalue weighted by Crippen LogP contribution is 2.15. The first-order valence-electron chi connectivity index (χ1n) is 5.26. The Bertz CT molecular complexity index is 400. The second kappa shape index (κ2) is 5.90. The van der Waals surface area contributed by atoms with Crippen LogP contribution in [0.4, 0.5) is 0 Å². The highest BCUT2D eigenvalue weighted by atomic mass is 16.3. The van der Waals surface area contributed by atoms with Gasteiger partial charge >= 0.3 is 0 Å². The van der Waals surface area contributed by atoms with Crippen molar-refractivity contribution in [1.29, 1.82) is 0 Å². The van der Waals surface area contributed by atoms with Crippen LogP contribution in [0.25, 0.3) is 0 Å². The molecular weight excluding hydrogens is 204 g/mol. The van der Waals surface area contributed by atoms with Crippen LogP contribution < -0.4 is 5.43 Å². The summed E-state index contributed by atoms with van der Waals surface area (Å²) in [4.78, 5) is 11.2. The topological polar surface area (TPSA) is 61.7 Å². The number of para-hydroxylation sites is 1. The molecule has 0 saturated heterocycles. The number of carbonyl (C=O) groups excluding carboxylic acids is 1. The Morgan fingerprint density at radius 2 is 2.12 bits per heavy atom. The number of carbonyl (C=O) groups is 1. The minimum atomic E-state index is -0.114. The maximum absolute atomic E-state index is 11.2. The molecule has 0 unspecified atom stereocenters. The SMILES string of the molecule is CCCC(=O)N/N=C(\C)c1ccccc1O. The minimum absolute atomic E-state index is 0.114. The van der Waals surface area contributed by atoms with Gasteiger partial charge in [0, 0.05) is 12.0 Å². The van der Waals surface area contributed by atoms with Crippen molar-refractivity contribution in [2.75, 3.05) is 0 Å². The molecule has 4 nitrogen and oxygen atoms in total. The van der Waals surface area contributed by atoms with E-state index < -0.39 is 0 Å². The van der Waals surface area contributed by atoms with Crippen LogP contribution in [0.5, 0.6) is 5.75 Å². The number of hydrogen-bond donors (Lipinski definition) is 2. The average Bonchev–Trinajstić information content (AvgIpc) is 2.27. The van der Waals surface area contributed by atoms with Crippen molar-refractivity contribution in [1.82, 2.24) is 5.43 Å². The number of aromatic hydroxyl groups is 1. The van der Waals surface area contributed by atoms with Crippen LogP contribution in [0.1, 0.15) is 32.3 Å². The largest absolute Gasteiger partial charge is 0.507 e. The number of hydrogen-bond acceptors (Lipinski definition) is 3. The summed E-state index contributed by atoms with van der Waals surface area (Å²) in [6.45, 7) is 3.67. The number of benzene rings is 1. The quantitative estimate of drug-likeness (QED) is 0.602. The van der Waals surface area contributed by atoms with Gasteiger partial charge in [-0.2, -0.15) is 5.10 Å². The molecule has 1 amide bonds. The molecule has 0 fully saturated rings. The molecule has 16 heavy (non-hydrogen) atoms. The van der Waals surface area contributed by atoms with Crippen LogP contribution in [-0.4, -0.2) is 16.7 Å². The molecule has 1 aromatic rings. The van der Waals surface area contributed by atoms with Crippen LogP contribution >= 0.6 is 0 Å². The molecule has 0 aromatic heterocycles. The van der Waals surface area contributed by atoms with E-state index in [9.17, 15) is 9.90 Å². The van der Waals surface area contributed by atoms with Gasteiger partial charge in [-0.25, -0.2) is 5.43 Å². The highest BCUT2D eigenvalue weighted by molar-refractivity contribution is 6.01. The Balaban J connectivity index is 2.71. The number of hydrazone groups is 1. The zero-order valence-corrected chi connectivity index (χ0v) is 9.53. The maximum Gasteiger partial charge on any atom is 0.240 e. The Hall–Kier alpha value is -1.84. The van der Waals surface area contributed by atoms with Gasteiger partial charge in [0.05, 0.1) is 5.71 Å². The van der Waals surface area contributed by atoms with Crippen molar-refractivity contribution in [2.24, 2.45) is 5.10 Å². The summed E-state index contributed by atoms with van der Waals surface area (Å²) < 4.78 is 0. The van der Waals surface area contributed by atoms with Gasteiger partial charge < -0.3 is 5.11 Å². The fraction of sp³-hybridized carbons (Fsp3) is 0.333. The second-order valence-corrected chi connectivity index (χ2v) is 3.50. The fourth-order valence-electron chi connectivity index (χ4n) is 1.27. The zero-order valence-electron chi connectivity index (χ0n) is 9.53. The van der Waals surface area contributed by atoms with Crippen molar-refractivity contribution < 1.29 is 9.90 Å². The van der Waals surface area contributed by atoms with E-state index in [1.807, 2.05) is 13.0 Å². The van der Waals surface area contributed by atoms with Gasteiger partial charge in [0.1, 0.15) is 5.75 Å². The van der Waals surface area contributed by atoms with Crippen LogP contribution in [0.2, 0.25) is 0 Å². The van der Waals surface area contributed by atoms with E-state index in [-0.39, 0.29) is 11.7 Å². The molecule has 0 aliphatic heterocycles. The summed E-state index contributed by atoms with van der Waals surface area (Å²) in [5.74, 6) is 0.0470. The van der Waals surface area contributed by atoms with Gasteiger partial charge in [0.25, 0.3) is 0 Å². The van der Waals surface area contributed by atoms with Crippen molar-refractivity contribution >= 4 is 11.6 Å². The number of phenols is 1. The average molecular weight is 220 g/mol. The molecular formula is C12H16N2O2. The van der Waals surface area contributed by atoms with Gasteiger partial charge in [-0.05, 0) is 25.5 Å². The van der Waals surface area contributed by atoms with E-state index in [0.29, 0.717) is 17.7 Å². The van der Waals surface area contributed by atoms with Gasteiger partial charge in [-0.1, -0.05) is 19.1 Å². The lowest BCUT2D eigenvalue weighted by Gasteiger charge is -2.04. The normalized spacial score (nSPS) is 11.2. The smallest absolute Gasteiger partial charge is 0.240 e. The van der Waals surface area contributed by atoms with E-state index in [2.05, 4.69) is 10.5 Å². The van der Waals surface area contributed by atoms with Crippen LogP contribution in [-0.2, 0) is 4.79 Å². The lowest BCUT2D eigenvalue weighted by atomic mass is 10.1. The number of nitrogens with one attached hydrogen (secondary N) is 1. The van der Waals surface area contributed by atoms with Crippen LogP contribution in [0.15, 0.2) is 29.4 Å². The third kappa shape index (κ3) is 3.38. The molecule has 4 heteroatoms. The van der Waals surface area contributed by atoms with Crippen molar-refractivity contribution in [3.05, 3.63) is 29.8 Å². The first-order chi connectivity index (χ1) is 7.65. The predicted octanol–water partition coefficient (Wildman–Crippen LogP) is 2.03. The molecule has 0 radical (unpaired) electrons. The van der Waals surface area contributed by atoms with Gasteiger partial charge in [0.2, 0.25) is 5.91 Å². The van der Waals surface area contributed by atoms with Crippen LogP contribution in [0, 0.1) is 0 Å². The third-order valence-corrected chi connectivity index (χ3v) is 2.12. The Labute approximate surface area is 95.0 Å². The minimum Gasteiger partial charge on any atom is -0.507 e. The third-order valence-electron chi connectivity index (χ3n) is 2.12. The van der Waals surface area contributed by atoms with Gasteiger partial charge in [-0.3, -0.25) is 4.79 Å². The van der Waals surface area contributed by atoms with E-state index in [4.69, 9.17) is 0 Å². The molecule has 0 aliphatic carbocycles. The zero-order chi connectivity index (χ0) is 12.0. The second-order valence-electron chi connectivity index (χ2n) is 3.50. The summed E-state index contributed by atoms with van der Waals surface area (Å²) in [5.41, 5.74) is 3.66. The molecule has 0 aliphatic rings. The Morgan fingerprint density at radius 3 is 2.75 bits per heavy atom. The standard InChI is InChI=1S/C12H16N2O2/c1-3-6-12(16)14-13-9(2)10-7-4-5-8-11(10)15/h4-5,7-8,15H,3,6H2,1-2H3,(H,14,16)/b13-9+. The molecule has 1 aromatic carbocycles.